The molecule has 166 valence electrons. The lowest BCUT2D eigenvalue weighted by atomic mass is 10.2. The summed E-state index contributed by atoms with van der Waals surface area (Å²) in [6.07, 6.45) is 7.12. The number of carbonyl (C=O) groups excluding carboxylic acids is 1. The van der Waals surface area contributed by atoms with E-state index in [4.69, 9.17) is 21.6 Å². The first kappa shape index (κ1) is 20.0. The molecule has 0 bridgehead atoms. The topological polar surface area (TPSA) is 98.8 Å². The zero-order valence-electron chi connectivity index (χ0n) is 17.5. The molecule has 0 radical (unpaired) electrons. The quantitative estimate of drug-likeness (QED) is 0.486. The lowest BCUT2D eigenvalue weighted by molar-refractivity contribution is -0.117. The van der Waals surface area contributed by atoms with Crippen LogP contribution in [-0.2, 0) is 17.6 Å². The summed E-state index contributed by atoms with van der Waals surface area (Å²) in [4.78, 5) is 24.8. The van der Waals surface area contributed by atoms with Gasteiger partial charge in [-0.25, -0.2) is 4.98 Å². The van der Waals surface area contributed by atoms with E-state index in [1.54, 1.807) is 6.07 Å². The number of nitrogens with zero attached hydrogens (tertiary/aromatic N) is 4. The van der Waals surface area contributed by atoms with Crippen molar-refractivity contribution in [2.24, 2.45) is 0 Å². The fraction of sp³-hybridized carbons (Fsp3) is 0.455. The van der Waals surface area contributed by atoms with Crippen LogP contribution in [0.4, 0.5) is 22.6 Å². The third kappa shape index (κ3) is 3.84. The SMILES string of the molecule is O=C(Nc1ccc(Cl)s1)[C@@H]1CCCN1c1nc2c(c(Nc3cc(C4CC4)[nH]n3)n1)CCC2. The van der Waals surface area contributed by atoms with Gasteiger partial charge in [0.05, 0.1) is 15.0 Å². The van der Waals surface area contributed by atoms with E-state index < -0.39 is 0 Å². The van der Waals surface area contributed by atoms with E-state index in [1.807, 2.05) is 11.0 Å². The van der Waals surface area contributed by atoms with Crippen molar-refractivity contribution in [3.8, 4) is 0 Å². The first-order valence-electron chi connectivity index (χ1n) is 11.2. The van der Waals surface area contributed by atoms with Gasteiger partial charge in [0, 0.05) is 29.8 Å². The van der Waals surface area contributed by atoms with E-state index in [0.29, 0.717) is 16.2 Å². The summed E-state index contributed by atoms with van der Waals surface area (Å²) in [7, 11) is 0. The van der Waals surface area contributed by atoms with Crippen molar-refractivity contribution in [1.82, 2.24) is 20.2 Å². The molecular formula is C22H24ClN7OS. The molecule has 1 atom stereocenters. The number of H-pyrrole nitrogens is 1. The highest BCUT2D eigenvalue weighted by Crippen LogP contribution is 2.40. The Morgan fingerprint density at radius 3 is 2.91 bits per heavy atom. The van der Waals surface area contributed by atoms with Gasteiger partial charge in [0.2, 0.25) is 11.9 Å². The summed E-state index contributed by atoms with van der Waals surface area (Å²) in [5.41, 5.74) is 3.42. The van der Waals surface area contributed by atoms with E-state index in [0.717, 1.165) is 66.5 Å². The average Bonchev–Trinajstić information content (AvgIpc) is 3.20. The van der Waals surface area contributed by atoms with Crippen LogP contribution in [0.25, 0.3) is 0 Å². The van der Waals surface area contributed by atoms with E-state index >= 15 is 0 Å². The molecule has 8 nitrogen and oxygen atoms in total. The first-order chi connectivity index (χ1) is 15.6. The van der Waals surface area contributed by atoms with Crippen LogP contribution >= 0.6 is 22.9 Å². The minimum absolute atomic E-state index is 0.0407. The fourth-order valence-corrected chi connectivity index (χ4v) is 5.59. The van der Waals surface area contributed by atoms with Crippen LogP contribution < -0.4 is 15.5 Å². The van der Waals surface area contributed by atoms with Crippen LogP contribution in [0.2, 0.25) is 4.34 Å². The molecule has 4 heterocycles. The molecule has 6 rings (SSSR count). The molecule has 1 aliphatic heterocycles. The molecule has 0 unspecified atom stereocenters. The van der Waals surface area contributed by atoms with E-state index in [2.05, 4.69) is 26.9 Å². The van der Waals surface area contributed by atoms with Gasteiger partial charge in [-0.2, -0.15) is 10.1 Å². The van der Waals surface area contributed by atoms with Crippen LogP contribution in [-0.4, -0.2) is 38.7 Å². The number of fused-ring (bicyclic) bond motifs is 1. The number of aromatic amines is 1. The zero-order valence-corrected chi connectivity index (χ0v) is 19.1. The lowest BCUT2D eigenvalue weighted by Gasteiger charge is -2.25. The molecule has 0 spiro atoms. The molecule has 32 heavy (non-hydrogen) atoms. The van der Waals surface area contributed by atoms with Crippen molar-refractivity contribution < 1.29 is 4.79 Å². The van der Waals surface area contributed by atoms with Crippen molar-refractivity contribution in [1.29, 1.82) is 0 Å². The van der Waals surface area contributed by atoms with E-state index in [1.165, 1.54) is 29.9 Å². The Morgan fingerprint density at radius 2 is 2.09 bits per heavy atom. The smallest absolute Gasteiger partial charge is 0.247 e. The molecule has 2 aliphatic carbocycles. The number of nitrogens with one attached hydrogen (secondary N) is 3. The van der Waals surface area contributed by atoms with Crippen molar-refractivity contribution in [2.45, 2.75) is 56.9 Å². The second kappa shape index (κ2) is 8.04. The van der Waals surface area contributed by atoms with Gasteiger partial charge in [0.25, 0.3) is 0 Å². The zero-order chi connectivity index (χ0) is 21.7. The highest BCUT2D eigenvalue weighted by Gasteiger charge is 2.34. The number of rotatable bonds is 6. The molecule has 0 aromatic carbocycles. The molecule has 10 heteroatoms. The minimum Gasteiger partial charge on any atom is -0.329 e. The van der Waals surface area contributed by atoms with Gasteiger partial charge >= 0.3 is 0 Å². The second-order valence-electron chi connectivity index (χ2n) is 8.70. The number of aryl methyl sites for hydroxylation is 1. The van der Waals surface area contributed by atoms with E-state index in [-0.39, 0.29) is 11.9 Å². The van der Waals surface area contributed by atoms with Crippen LogP contribution in [0.15, 0.2) is 18.2 Å². The first-order valence-corrected chi connectivity index (χ1v) is 12.4. The Bertz CT molecular complexity index is 1170. The Labute approximate surface area is 194 Å². The van der Waals surface area contributed by atoms with Crippen LogP contribution in [0, 0.1) is 0 Å². The third-order valence-electron chi connectivity index (χ3n) is 6.41. The maximum absolute atomic E-state index is 13.0. The molecule has 3 aromatic rings. The van der Waals surface area contributed by atoms with Gasteiger partial charge in [-0.15, -0.1) is 11.3 Å². The summed E-state index contributed by atoms with van der Waals surface area (Å²) >= 11 is 7.37. The van der Waals surface area contributed by atoms with Crippen molar-refractivity contribution >= 4 is 51.4 Å². The molecule has 2 fully saturated rings. The second-order valence-corrected chi connectivity index (χ2v) is 10.4. The van der Waals surface area contributed by atoms with Crippen molar-refractivity contribution in [2.75, 3.05) is 22.1 Å². The van der Waals surface area contributed by atoms with E-state index in [9.17, 15) is 4.79 Å². The number of amides is 1. The molecule has 3 aliphatic rings. The number of anilines is 4. The Hall–Kier alpha value is -2.65. The van der Waals surface area contributed by atoms with Gasteiger partial charge in [-0.05, 0) is 57.1 Å². The highest BCUT2D eigenvalue weighted by atomic mass is 35.5. The summed E-state index contributed by atoms with van der Waals surface area (Å²) in [6.45, 7) is 0.760. The third-order valence-corrected chi connectivity index (χ3v) is 7.56. The summed E-state index contributed by atoms with van der Waals surface area (Å²) in [5.74, 6) is 2.80. The lowest BCUT2D eigenvalue weighted by Crippen LogP contribution is -2.40. The Balaban J connectivity index is 1.26. The monoisotopic (exact) mass is 469 g/mol. The van der Waals surface area contributed by atoms with Crippen LogP contribution in [0.1, 0.15) is 55.0 Å². The van der Waals surface area contributed by atoms with Crippen molar-refractivity contribution in [3.63, 3.8) is 0 Å². The minimum atomic E-state index is -0.296. The highest BCUT2D eigenvalue weighted by molar-refractivity contribution is 7.20. The summed E-state index contributed by atoms with van der Waals surface area (Å²) < 4.78 is 0.657. The van der Waals surface area contributed by atoms with Crippen LogP contribution in [0.5, 0.6) is 0 Å². The number of aromatic nitrogens is 4. The van der Waals surface area contributed by atoms with Gasteiger partial charge in [0.1, 0.15) is 11.9 Å². The average molecular weight is 470 g/mol. The molecule has 1 amide bonds. The number of hydrogen-bond acceptors (Lipinski definition) is 7. The molecule has 3 N–H and O–H groups in total. The van der Waals surface area contributed by atoms with Crippen molar-refractivity contribution in [3.05, 3.63) is 39.5 Å². The molecule has 1 saturated carbocycles. The number of thiophene rings is 1. The number of halogens is 1. The molecule has 3 aromatic heterocycles. The predicted molar refractivity (Wildman–Crippen MR) is 126 cm³/mol. The van der Waals surface area contributed by atoms with Crippen LogP contribution in [0.3, 0.4) is 0 Å². The number of carbonyl (C=O) groups is 1. The Morgan fingerprint density at radius 1 is 1.19 bits per heavy atom. The van der Waals surface area contributed by atoms with Gasteiger partial charge < -0.3 is 15.5 Å². The maximum Gasteiger partial charge on any atom is 0.247 e. The standard InChI is InChI=1S/C22H24ClN7OS/c23-17-8-9-19(32-17)26-21(31)16-5-2-10-30(16)22-24-14-4-1-3-13(14)20(27-22)25-18-11-15(28-29-18)12-6-7-12/h8-9,11-12,16H,1-7,10H2,(H,26,31)(H2,24,25,27,28,29)/t16-/m0/s1. The van der Waals surface area contributed by atoms with Gasteiger partial charge in [-0.3, -0.25) is 9.89 Å². The maximum atomic E-state index is 13.0. The summed E-state index contributed by atoms with van der Waals surface area (Å²) in [6, 6.07) is 5.41. The van der Waals surface area contributed by atoms with Gasteiger partial charge in [0.15, 0.2) is 5.82 Å². The number of hydrogen-bond donors (Lipinski definition) is 3. The largest absolute Gasteiger partial charge is 0.329 e. The predicted octanol–water partition coefficient (Wildman–Crippen LogP) is 4.63. The fourth-order valence-electron chi connectivity index (χ4n) is 4.64. The normalized spacial score (nSPS) is 19.9. The molecular weight excluding hydrogens is 446 g/mol. The summed E-state index contributed by atoms with van der Waals surface area (Å²) in [5, 5.41) is 14.8. The Kier molecular flexibility index (Phi) is 5.02. The molecule has 1 saturated heterocycles. The van der Waals surface area contributed by atoms with Gasteiger partial charge in [-0.1, -0.05) is 11.6 Å².